The van der Waals surface area contributed by atoms with E-state index in [-0.39, 0.29) is 23.8 Å². The Bertz CT molecular complexity index is 1030. The summed E-state index contributed by atoms with van der Waals surface area (Å²) in [6, 6.07) is 13.9. The van der Waals surface area contributed by atoms with Gasteiger partial charge >= 0.3 is 0 Å². The maximum atomic E-state index is 12.5. The maximum Gasteiger partial charge on any atom is 0.244 e. The van der Waals surface area contributed by atoms with Crippen molar-refractivity contribution in [3.8, 4) is 17.2 Å². The van der Waals surface area contributed by atoms with E-state index in [0.717, 1.165) is 10.9 Å². The summed E-state index contributed by atoms with van der Waals surface area (Å²) in [5, 5.41) is 0.957. The molecule has 0 atom stereocenters. The molecule has 142 valence electrons. The third kappa shape index (κ3) is 4.29. The molecular formula is C19H20N2O5S. The van der Waals surface area contributed by atoms with Crippen molar-refractivity contribution in [2.75, 3.05) is 27.4 Å². The van der Waals surface area contributed by atoms with E-state index in [9.17, 15) is 8.42 Å². The van der Waals surface area contributed by atoms with Crippen LogP contribution in [-0.4, -0.2) is 40.8 Å². The van der Waals surface area contributed by atoms with E-state index < -0.39 is 10.0 Å². The normalized spacial score (nSPS) is 11.3. The smallest absolute Gasteiger partial charge is 0.244 e. The van der Waals surface area contributed by atoms with Gasteiger partial charge in [0, 0.05) is 24.2 Å². The molecular weight excluding hydrogens is 368 g/mol. The van der Waals surface area contributed by atoms with Crippen LogP contribution < -0.4 is 18.9 Å². The summed E-state index contributed by atoms with van der Waals surface area (Å²) >= 11 is 0. The largest absolute Gasteiger partial charge is 0.497 e. The Morgan fingerprint density at radius 1 is 1.00 bits per heavy atom. The lowest BCUT2D eigenvalue weighted by Crippen LogP contribution is -2.28. The fourth-order valence-corrected chi connectivity index (χ4v) is 3.77. The van der Waals surface area contributed by atoms with Gasteiger partial charge in [0.05, 0.1) is 14.2 Å². The highest BCUT2D eigenvalue weighted by molar-refractivity contribution is 7.89. The molecule has 1 heterocycles. The number of ether oxygens (including phenoxy) is 3. The summed E-state index contributed by atoms with van der Waals surface area (Å²) < 4.78 is 43.5. The molecule has 0 amide bonds. The van der Waals surface area contributed by atoms with Crippen LogP contribution in [-0.2, 0) is 10.0 Å². The Balaban J connectivity index is 1.66. The first kappa shape index (κ1) is 18.9. The first-order valence-electron chi connectivity index (χ1n) is 8.23. The second-order valence-corrected chi connectivity index (χ2v) is 7.33. The number of rotatable bonds is 8. The van der Waals surface area contributed by atoms with Crippen LogP contribution in [0.1, 0.15) is 0 Å². The number of aromatic nitrogens is 1. The number of benzene rings is 2. The minimum atomic E-state index is -3.75. The molecule has 2 aromatic carbocycles. The first-order chi connectivity index (χ1) is 13.0. The lowest BCUT2D eigenvalue weighted by atomic mass is 10.2. The van der Waals surface area contributed by atoms with Crippen LogP contribution >= 0.6 is 0 Å². The van der Waals surface area contributed by atoms with Gasteiger partial charge in [-0.2, -0.15) is 0 Å². The van der Waals surface area contributed by atoms with Gasteiger partial charge < -0.3 is 14.2 Å². The molecule has 0 unspecified atom stereocenters. The third-order valence-electron chi connectivity index (χ3n) is 3.91. The molecule has 0 radical (unpaired) electrons. The Kier molecular flexibility index (Phi) is 5.78. The molecule has 3 aromatic rings. The van der Waals surface area contributed by atoms with Crippen molar-refractivity contribution in [3.05, 3.63) is 54.7 Å². The molecule has 0 saturated heterocycles. The van der Waals surface area contributed by atoms with Crippen LogP contribution in [0.3, 0.4) is 0 Å². The van der Waals surface area contributed by atoms with Crippen molar-refractivity contribution in [1.82, 2.24) is 9.71 Å². The molecule has 27 heavy (non-hydrogen) atoms. The summed E-state index contributed by atoms with van der Waals surface area (Å²) in [7, 11) is -0.843. The zero-order chi connectivity index (χ0) is 19.3. The Morgan fingerprint density at radius 3 is 2.59 bits per heavy atom. The number of sulfonamides is 1. The number of nitrogens with zero attached hydrogens (tertiary/aromatic N) is 1. The van der Waals surface area contributed by atoms with Crippen molar-refractivity contribution in [1.29, 1.82) is 0 Å². The van der Waals surface area contributed by atoms with Crippen LogP contribution in [0.2, 0.25) is 0 Å². The summed E-state index contributed by atoms with van der Waals surface area (Å²) in [4.78, 5) is 4.34. The van der Waals surface area contributed by atoms with Gasteiger partial charge in [0.15, 0.2) is 0 Å². The van der Waals surface area contributed by atoms with Gasteiger partial charge in [-0.25, -0.2) is 13.1 Å². The van der Waals surface area contributed by atoms with Crippen LogP contribution in [0, 0.1) is 0 Å². The Labute approximate surface area is 158 Å². The van der Waals surface area contributed by atoms with Gasteiger partial charge in [0.25, 0.3) is 0 Å². The topological polar surface area (TPSA) is 86.8 Å². The van der Waals surface area contributed by atoms with Gasteiger partial charge in [-0.3, -0.25) is 4.98 Å². The van der Waals surface area contributed by atoms with Gasteiger partial charge in [-0.05, 0) is 24.3 Å². The molecule has 1 N–H and O–H groups in total. The summed E-state index contributed by atoms with van der Waals surface area (Å²) in [6.07, 6.45) is 1.69. The molecule has 7 nitrogen and oxygen atoms in total. The zero-order valence-corrected chi connectivity index (χ0v) is 15.8. The SMILES string of the molecule is COc1ccc(S(=O)(=O)NCCOc2cccc3cccnc23)c(OC)c1. The van der Waals surface area contributed by atoms with Crippen molar-refractivity contribution in [2.45, 2.75) is 4.90 Å². The molecule has 0 fully saturated rings. The highest BCUT2D eigenvalue weighted by atomic mass is 32.2. The van der Waals surface area contributed by atoms with Crippen molar-refractivity contribution in [3.63, 3.8) is 0 Å². The van der Waals surface area contributed by atoms with E-state index >= 15 is 0 Å². The fraction of sp³-hybridized carbons (Fsp3) is 0.211. The van der Waals surface area contributed by atoms with E-state index in [2.05, 4.69) is 9.71 Å². The van der Waals surface area contributed by atoms with Crippen molar-refractivity contribution >= 4 is 20.9 Å². The van der Waals surface area contributed by atoms with E-state index in [1.165, 1.54) is 26.4 Å². The quantitative estimate of drug-likeness (QED) is 0.597. The van der Waals surface area contributed by atoms with Crippen LogP contribution in [0.15, 0.2) is 59.6 Å². The van der Waals surface area contributed by atoms with Gasteiger partial charge in [-0.1, -0.05) is 18.2 Å². The zero-order valence-electron chi connectivity index (χ0n) is 15.0. The second-order valence-electron chi connectivity index (χ2n) is 5.59. The highest BCUT2D eigenvalue weighted by Gasteiger charge is 2.19. The predicted octanol–water partition coefficient (Wildman–Crippen LogP) is 2.61. The molecule has 0 aliphatic heterocycles. The third-order valence-corrected chi connectivity index (χ3v) is 5.41. The van der Waals surface area contributed by atoms with E-state index in [1.54, 1.807) is 18.3 Å². The number of para-hydroxylation sites is 1. The summed E-state index contributed by atoms with van der Waals surface area (Å²) in [6.45, 7) is 0.258. The van der Waals surface area contributed by atoms with E-state index in [0.29, 0.717) is 11.5 Å². The van der Waals surface area contributed by atoms with E-state index in [1.807, 2.05) is 24.3 Å². The summed E-state index contributed by atoms with van der Waals surface area (Å²) in [5.41, 5.74) is 0.736. The minimum absolute atomic E-state index is 0.0395. The Hall–Kier alpha value is -2.84. The number of fused-ring (bicyclic) bond motifs is 1. The Morgan fingerprint density at radius 2 is 1.81 bits per heavy atom. The van der Waals surface area contributed by atoms with Crippen LogP contribution in [0.25, 0.3) is 10.9 Å². The number of methoxy groups -OCH3 is 2. The van der Waals surface area contributed by atoms with Crippen LogP contribution in [0.5, 0.6) is 17.2 Å². The number of hydrogen-bond acceptors (Lipinski definition) is 6. The number of hydrogen-bond donors (Lipinski definition) is 1. The lowest BCUT2D eigenvalue weighted by molar-refractivity contribution is 0.325. The monoisotopic (exact) mass is 388 g/mol. The standard InChI is InChI=1S/C19H20N2O5S/c1-24-15-8-9-18(17(13-15)25-2)27(22,23)21-11-12-26-16-7-3-5-14-6-4-10-20-19(14)16/h3-10,13,21H,11-12H2,1-2H3. The first-order valence-corrected chi connectivity index (χ1v) is 9.72. The molecule has 0 spiro atoms. The van der Waals surface area contributed by atoms with Gasteiger partial charge in [0.2, 0.25) is 10.0 Å². The molecule has 0 aliphatic carbocycles. The molecule has 0 bridgehead atoms. The van der Waals surface area contributed by atoms with Gasteiger partial charge in [0.1, 0.15) is 34.3 Å². The molecule has 0 aliphatic rings. The highest BCUT2D eigenvalue weighted by Crippen LogP contribution is 2.28. The molecule has 1 aromatic heterocycles. The molecule has 3 rings (SSSR count). The van der Waals surface area contributed by atoms with Gasteiger partial charge in [-0.15, -0.1) is 0 Å². The molecule has 8 heteroatoms. The minimum Gasteiger partial charge on any atom is -0.497 e. The average molecular weight is 388 g/mol. The number of nitrogens with one attached hydrogen (secondary N) is 1. The fourth-order valence-electron chi connectivity index (χ4n) is 2.60. The van der Waals surface area contributed by atoms with Crippen molar-refractivity contribution < 1.29 is 22.6 Å². The van der Waals surface area contributed by atoms with Crippen molar-refractivity contribution in [2.24, 2.45) is 0 Å². The lowest BCUT2D eigenvalue weighted by Gasteiger charge is -2.13. The summed E-state index contributed by atoms with van der Waals surface area (Å²) in [5.74, 6) is 1.33. The number of pyridine rings is 1. The van der Waals surface area contributed by atoms with Crippen LogP contribution in [0.4, 0.5) is 0 Å². The predicted molar refractivity (Wildman–Crippen MR) is 102 cm³/mol. The second kappa shape index (κ2) is 8.24. The van der Waals surface area contributed by atoms with E-state index in [4.69, 9.17) is 14.2 Å². The average Bonchev–Trinajstić information content (AvgIpc) is 2.70. The maximum absolute atomic E-state index is 12.5. The molecule has 0 saturated carbocycles.